The Hall–Kier alpha value is -2.36. The average Bonchev–Trinajstić information content (AvgIpc) is 2.36. The monoisotopic (exact) mass is 239 g/mol. The third-order valence-electron chi connectivity index (χ3n) is 3.24. The Bertz CT molecular complexity index is 834. The van der Waals surface area contributed by atoms with Crippen LogP contribution in [0.1, 0.15) is 11.3 Å². The quantitative estimate of drug-likeness (QED) is 0.611. The summed E-state index contributed by atoms with van der Waals surface area (Å²) in [5.41, 5.74) is 9.69. The highest BCUT2D eigenvalue weighted by Gasteiger charge is 2.10. The number of hydrogen-bond acceptors (Lipinski definition) is 3. The minimum absolute atomic E-state index is 0.234. The van der Waals surface area contributed by atoms with E-state index in [9.17, 15) is 4.79 Å². The van der Waals surface area contributed by atoms with Gasteiger partial charge in [0.25, 0.3) is 5.56 Å². The van der Waals surface area contributed by atoms with E-state index in [2.05, 4.69) is 4.98 Å². The molecule has 0 radical (unpaired) electrons. The highest BCUT2D eigenvalue weighted by molar-refractivity contribution is 5.84. The van der Waals surface area contributed by atoms with E-state index in [1.165, 1.54) is 0 Å². The smallest absolute Gasteiger partial charge is 0.281 e. The summed E-state index contributed by atoms with van der Waals surface area (Å²) < 4.78 is 1.93. The Morgan fingerprint density at radius 3 is 2.72 bits per heavy atom. The molecule has 90 valence electrons. The molecule has 2 heterocycles. The molecule has 0 saturated carbocycles. The first-order chi connectivity index (χ1) is 8.59. The van der Waals surface area contributed by atoms with Gasteiger partial charge in [0.1, 0.15) is 0 Å². The molecule has 0 bridgehead atoms. The number of aromatic nitrogens is 2. The second kappa shape index (κ2) is 3.57. The molecule has 3 aromatic rings. The number of para-hydroxylation sites is 1. The van der Waals surface area contributed by atoms with Crippen LogP contribution in [0.15, 0.2) is 35.1 Å². The number of fused-ring (bicyclic) bond motifs is 3. The lowest BCUT2D eigenvalue weighted by Gasteiger charge is -2.12. The molecule has 0 aliphatic rings. The standard InChI is InChI=1S/C14H13N3O/c1-8-7-9(2)17-11-6-4-3-5-10(11)14(18)16-13(17)12(8)15/h3-7H,15H2,1-2H3. The first-order valence-electron chi connectivity index (χ1n) is 5.77. The molecule has 0 atom stereocenters. The van der Waals surface area contributed by atoms with Crippen molar-refractivity contribution in [1.82, 2.24) is 9.38 Å². The normalized spacial score (nSPS) is 11.2. The van der Waals surface area contributed by atoms with Crippen molar-refractivity contribution >= 4 is 22.2 Å². The van der Waals surface area contributed by atoms with Crippen LogP contribution < -0.4 is 11.3 Å². The Morgan fingerprint density at radius 2 is 1.94 bits per heavy atom. The number of nitrogens with zero attached hydrogens (tertiary/aromatic N) is 2. The predicted octanol–water partition coefficient (Wildman–Crippen LogP) is 2.05. The van der Waals surface area contributed by atoms with Crippen LogP contribution in [-0.2, 0) is 0 Å². The summed E-state index contributed by atoms with van der Waals surface area (Å²) in [7, 11) is 0. The molecule has 4 nitrogen and oxygen atoms in total. The van der Waals surface area contributed by atoms with Crippen LogP contribution in [0.3, 0.4) is 0 Å². The maximum absolute atomic E-state index is 12.0. The zero-order valence-corrected chi connectivity index (χ0v) is 10.3. The van der Waals surface area contributed by atoms with Crippen molar-refractivity contribution < 1.29 is 0 Å². The molecule has 3 rings (SSSR count). The lowest BCUT2D eigenvalue weighted by atomic mass is 10.1. The molecule has 0 spiro atoms. The fourth-order valence-corrected chi connectivity index (χ4v) is 2.34. The number of nitrogen functional groups attached to an aromatic ring is 1. The maximum Gasteiger partial charge on any atom is 0.281 e. The molecule has 2 aromatic heterocycles. The molecule has 1 aromatic carbocycles. The molecule has 0 aliphatic carbocycles. The van der Waals surface area contributed by atoms with Gasteiger partial charge in [-0.05, 0) is 37.6 Å². The molecule has 0 fully saturated rings. The van der Waals surface area contributed by atoms with Crippen molar-refractivity contribution in [2.75, 3.05) is 5.73 Å². The summed E-state index contributed by atoms with van der Waals surface area (Å²) >= 11 is 0. The topological polar surface area (TPSA) is 60.4 Å². The molecular weight excluding hydrogens is 226 g/mol. The van der Waals surface area contributed by atoms with Crippen LogP contribution in [0, 0.1) is 13.8 Å². The van der Waals surface area contributed by atoms with E-state index in [-0.39, 0.29) is 5.56 Å². The Balaban J connectivity index is 2.72. The minimum Gasteiger partial charge on any atom is -0.395 e. The number of aryl methyl sites for hydroxylation is 2. The van der Waals surface area contributed by atoms with Crippen LogP contribution in [0.2, 0.25) is 0 Å². The van der Waals surface area contributed by atoms with Crippen molar-refractivity contribution in [3.63, 3.8) is 0 Å². The minimum atomic E-state index is -0.234. The molecule has 18 heavy (non-hydrogen) atoms. The fourth-order valence-electron chi connectivity index (χ4n) is 2.34. The van der Waals surface area contributed by atoms with Gasteiger partial charge in [-0.1, -0.05) is 12.1 Å². The first-order valence-corrected chi connectivity index (χ1v) is 5.77. The maximum atomic E-state index is 12.0. The largest absolute Gasteiger partial charge is 0.395 e. The number of pyridine rings is 1. The van der Waals surface area contributed by atoms with Gasteiger partial charge in [-0.3, -0.25) is 9.20 Å². The third kappa shape index (κ3) is 1.32. The van der Waals surface area contributed by atoms with Gasteiger partial charge in [-0.15, -0.1) is 0 Å². The molecule has 0 saturated heterocycles. The van der Waals surface area contributed by atoms with E-state index in [0.717, 1.165) is 16.8 Å². The number of nitrogens with two attached hydrogens (primary N) is 1. The molecule has 2 N–H and O–H groups in total. The first kappa shape index (κ1) is 10.8. The SMILES string of the molecule is Cc1cc(C)n2c(nc(=O)c3ccccc32)c1N. The van der Waals surface area contributed by atoms with Gasteiger partial charge in [-0.2, -0.15) is 4.98 Å². The van der Waals surface area contributed by atoms with E-state index in [4.69, 9.17) is 5.73 Å². The van der Waals surface area contributed by atoms with E-state index in [1.54, 1.807) is 6.07 Å². The summed E-state index contributed by atoms with van der Waals surface area (Å²) in [6, 6.07) is 9.44. The number of hydrogen-bond donors (Lipinski definition) is 1. The van der Waals surface area contributed by atoms with Crippen LogP contribution in [0.4, 0.5) is 5.69 Å². The Labute approximate surface area is 104 Å². The van der Waals surface area contributed by atoms with Gasteiger partial charge < -0.3 is 5.73 Å². The van der Waals surface area contributed by atoms with Gasteiger partial charge in [-0.25, -0.2) is 0 Å². The highest BCUT2D eigenvalue weighted by atomic mass is 16.1. The second-order valence-corrected chi connectivity index (χ2v) is 4.48. The summed E-state index contributed by atoms with van der Waals surface area (Å²) in [5.74, 6) is 0. The van der Waals surface area contributed by atoms with Crippen LogP contribution >= 0.6 is 0 Å². The lowest BCUT2D eigenvalue weighted by molar-refractivity contribution is 1.06. The van der Waals surface area contributed by atoms with Crippen LogP contribution in [-0.4, -0.2) is 9.38 Å². The zero-order chi connectivity index (χ0) is 12.9. The number of anilines is 1. The molecule has 0 unspecified atom stereocenters. The Morgan fingerprint density at radius 1 is 1.22 bits per heavy atom. The van der Waals surface area contributed by atoms with E-state index in [0.29, 0.717) is 16.7 Å². The van der Waals surface area contributed by atoms with E-state index in [1.807, 2.05) is 42.5 Å². The van der Waals surface area contributed by atoms with E-state index < -0.39 is 0 Å². The molecule has 4 heteroatoms. The third-order valence-corrected chi connectivity index (χ3v) is 3.24. The predicted molar refractivity (Wildman–Crippen MR) is 72.9 cm³/mol. The van der Waals surface area contributed by atoms with Crippen molar-refractivity contribution in [1.29, 1.82) is 0 Å². The van der Waals surface area contributed by atoms with Crippen LogP contribution in [0.5, 0.6) is 0 Å². The molecular formula is C14H13N3O. The van der Waals surface area contributed by atoms with Crippen LogP contribution in [0.25, 0.3) is 16.6 Å². The fraction of sp³-hybridized carbons (Fsp3) is 0.143. The van der Waals surface area contributed by atoms with Crippen molar-refractivity contribution in [2.45, 2.75) is 13.8 Å². The Kier molecular flexibility index (Phi) is 2.13. The van der Waals surface area contributed by atoms with Gasteiger partial charge in [0, 0.05) is 5.69 Å². The zero-order valence-electron chi connectivity index (χ0n) is 10.3. The van der Waals surface area contributed by atoms with Gasteiger partial charge in [0.05, 0.1) is 16.6 Å². The highest BCUT2D eigenvalue weighted by Crippen LogP contribution is 2.21. The van der Waals surface area contributed by atoms with Crippen molar-refractivity contribution in [2.24, 2.45) is 0 Å². The van der Waals surface area contributed by atoms with Gasteiger partial charge >= 0.3 is 0 Å². The van der Waals surface area contributed by atoms with Crippen molar-refractivity contribution in [3.8, 4) is 0 Å². The molecule has 0 amide bonds. The molecule has 0 aliphatic heterocycles. The number of rotatable bonds is 0. The number of benzene rings is 1. The summed E-state index contributed by atoms with van der Waals surface area (Å²) in [6.45, 7) is 3.90. The summed E-state index contributed by atoms with van der Waals surface area (Å²) in [4.78, 5) is 16.1. The van der Waals surface area contributed by atoms with Gasteiger partial charge in [0.15, 0.2) is 5.65 Å². The van der Waals surface area contributed by atoms with Crippen molar-refractivity contribution in [3.05, 3.63) is 51.9 Å². The average molecular weight is 239 g/mol. The second-order valence-electron chi connectivity index (χ2n) is 4.48. The summed E-state index contributed by atoms with van der Waals surface area (Å²) in [5, 5.41) is 0.612. The van der Waals surface area contributed by atoms with E-state index >= 15 is 0 Å². The summed E-state index contributed by atoms with van der Waals surface area (Å²) in [6.07, 6.45) is 0. The van der Waals surface area contributed by atoms with Gasteiger partial charge in [0.2, 0.25) is 0 Å². The lowest BCUT2D eigenvalue weighted by Crippen LogP contribution is -2.14.